The standard InChI is InChI=1S/C20H25N3O3S.ClH/c1-14-3-5-16(6-4-14)22-19(24)13-27-15(2)20(25)23-17-7-9-18(10-8-17)26-12-11-21;/h3-10,15H,11-13,21H2,1-2H3,(H,22,24)(H,23,25);1H. The summed E-state index contributed by atoms with van der Waals surface area (Å²) in [7, 11) is 0. The maximum absolute atomic E-state index is 12.3. The predicted molar refractivity (Wildman–Crippen MR) is 119 cm³/mol. The van der Waals surface area contributed by atoms with E-state index in [1.54, 1.807) is 31.2 Å². The van der Waals surface area contributed by atoms with E-state index >= 15 is 0 Å². The van der Waals surface area contributed by atoms with Crippen LogP contribution in [0.2, 0.25) is 0 Å². The van der Waals surface area contributed by atoms with Gasteiger partial charge in [-0.1, -0.05) is 17.7 Å². The maximum atomic E-state index is 12.3. The van der Waals surface area contributed by atoms with Gasteiger partial charge in [0.15, 0.2) is 0 Å². The van der Waals surface area contributed by atoms with E-state index in [0.717, 1.165) is 11.3 Å². The molecule has 2 amide bonds. The number of carbonyl (C=O) groups excluding carboxylic acids is 2. The number of nitrogens with one attached hydrogen (secondary N) is 2. The van der Waals surface area contributed by atoms with Gasteiger partial charge in [0.25, 0.3) is 0 Å². The number of anilines is 2. The van der Waals surface area contributed by atoms with Gasteiger partial charge in [0.2, 0.25) is 11.8 Å². The van der Waals surface area contributed by atoms with Gasteiger partial charge in [-0.05, 0) is 50.2 Å². The Morgan fingerprint density at radius 1 is 1.04 bits per heavy atom. The molecule has 2 aromatic rings. The highest BCUT2D eigenvalue weighted by atomic mass is 35.5. The summed E-state index contributed by atoms with van der Waals surface area (Å²) in [5.41, 5.74) is 7.95. The van der Waals surface area contributed by atoms with E-state index in [0.29, 0.717) is 24.6 Å². The molecule has 2 rings (SSSR count). The molecule has 4 N–H and O–H groups in total. The minimum Gasteiger partial charge on any atom is -0.492 e. The fourth-order valence-corrected chi connectivity index (χ4v) is 2.85. The molecule has 6 nitrogen and oxygen atoms in total. The van der Waals surface area contributed by atoms with Crippen LogP contribution in [0.1, 0.15) is 12.5 Å². The average Bonchev–Trinajstić information content (AvgIpc) is 2.67. The highest BCUT2D eigenvalue weighted by Crippen LogP contribution is 2.18. The van der Waals surface area contributed by atoms with Gasteiger partial charge >= 0.3 is 0 Å². The summed E-state index contributed by atoms with van der Waals surface area (Å²) in [5, 5.41) is 5.30. The molecule has 1 atom stereocenters. The first-order chi connectivity index (χ1) is 13.0. The maximum Gasteiger partial charge on any atom is 0.237 e. The zero-order chi connectivity index (χ0) is 19.6. The number of aryl methyl sites for hydroxylation is 1. The fraction of sp³-hybridized carbons (Fsp3) is 0.300. The van der Waals surface area contributed by atoms with Crippen LogP contribution in [0.4, 0.5) is 11.4 Å². The summed E-state index contributed by atoms with van der Waals surface area (Å²) in [6.07, 6.45) is 0. The van der Waals surface area contributed by atoms with E-state index in [1.807, 2.05) is 31.2 Å². The van der Waals surface area contributed by atoms with E-state index in [-0.39, 0.29) is 35.2 Å². The van der Waals surface area contributed by atoms with Crippen LogP contribution in [0.5, 0.6) is 5.75 Å². The topological polar surface area (TPSA) is 93.5 Å². The minimum absolute atomic E-state index is 0. The molecule has 0 saturated carbocycles. The van der Waals surface area contributed by atoms with Crippen LogP contribution < -0.4 is 21.1 Å². The van der Waals surface area contributed by atoms with Gasteiger partial charge in [-0.3, -0.25) is 9.59 Å². The monoisotopic (exact) mass is 423 g/mol. The third kappa shape index (κ3) is 8.21. The number of halogens is 1. The van der Waals surface area contributed by atoms with Gasteiger partial charge in [0.05, 0.1) is 11.0 Å². The number of amides is 2. The van der Waals surface area contributed by atoms with E-state index in [4.69, 9.17) is 10.5 Å². The highest BCUT2D eigenvalue weighted by Gasteiger charge is 2.15. The van der Waals surface area contributed by atoms with Crippen molar-refractivity contribution in [2.45, 2.75) is 19.1 Å². The first-order valence-electron chi connectivity index (χ1n) is 8.70. The average molecular weight is 424 g/mol. The van der Waals surface area contributed by atoms with E-state index in [2.05, 4.69) is 10.6 Å². The molecule has 0 aromatic heterocycles. The van der Waals surface area contributed by atoms with Crippen LogP contribution in [0.3, 0.4) is 0 Å². The molecule has 1 unspecified atom stereocenters. The molecule has 8 heteroatoms. The van der Waals surface area contributed by atoms with Gasteiger partial charge in [-0.2, -0.15) is 0 Å². The number of rotatable bonds is 9. The minimum atomic E-state index is -0.359. The molecule has 0 heterocycles. The Labute approximate surface area is 176 Å². The molecule has 28 heavy (non-hydrogen) atoms. The number of carbonyl (C=O) groups is 2. The Morgan fingerprint density at radius 2 is 1.61 bits per heavy atom. The lowest BCUT2D eigenvalue weighted by atomic mass is 10.2. The van der Waals surface area contributed by atoms with Crippen LogP contribution in [0.25, 0.3) is 0 Å². The quantitative estimate of drug-likeness (QED) is 0.574. The Kier molecular flexibility index (Phi) is 10.4. The first-order valence-corrected chi connectivity index (χ1v) is 9.74. The lowest BCUT2D eigenvalue weighted by Gasteiger charge is -2.13. The van der Waals surface area contributed by atoms with Crippen molar-refractivity contribution in [3.63, 3.8) is 0 Å². The second-order valence-electron chi connectivity index (χ2n) is 6.02. The highest BCUT2D eigenvalue weighted by molar-refractivity contribution is 8.01. The van der Waals surface area contributed by atoms with Crippen molar-refractivity contribution in [2.75, 3.05) is 29.5 Å². The molecule has 0 aliphatic heterocycles. The number of hydrogen-bond donors (Lipinski definition) is 3. The normalized spacial score (nSPS) is 11.1. The van der Waals surface area contributed by atoms with Crippen molar-refractivity contribution < 1.29 is 14.3 Å². The third-order valence-corrected chi connectivity index (χ3v) is 4.82. The van der Waals surface area contributed by atoms with Gasteiger partial charge < -0.3 is 21.1 Å². The molecular weight excluding hydrogens is 398 g/mol. The molecule has 0 radical (unpaired) electrons. The number of ether oxygens (including phenoxy) is 1. The van der Waals surface area contributed by atoms with Crippen LogP contribution in [-0.4, -0.2) is 36.0 Å². The van der Waals surface area contributed by atoms with Crippen molar-refractivity contribution in [1.82, 2.24) is 0 Å². The Morgan fingerprint density at radius 3 is 2.21 bits per heavy atom. The van der Waals surface area contributed by atoms with Crippen LogP contribution in [0.15, 0.2) is 48.5 Å². The summed E-state index contributed by atoms with van der Waals surface area (Å²) in [6, 6.07) is 14.7. The Balaban J connectivity index is 0.00000392. The summed E-state index contributed by atoms with van der Waals surface area (Å²) >= 11 is 1.29. The number of hydrogen-bond acceptors (Lipinski definition) is 5. The zero-order valence-corrected chi connectivity index (χ0v) is 17.6. The van der Waals surface area contributed by atoms with Gasteiger partial charge in [-0.15, -0.1) is 24.2 Å². The fourth-order valence-electron chi connectivity index (χ4n) is 2.17. The van der Waals surface area contributed by atoms with Gasteiger partial charge in [0.1, 0.15) is 12.4 Å². The van der Waals surface area contributed by atoms with Crippen molar-refractivity contribution in [2.24, 2.45) is 5.73 Å². The van der Waals surface area contributed by atoms with E-state index in [1.165, 1.54) is 11.8 Å². The number of nitrogens with two attached hydrogens (primary N) is 1. The van der Waals surface area contributed by atoms with E-state index in [9.17, 15) is 9.59 Å². The molecule has 0 fully saturated rings. The summed E-state index contributed by atoms with van der Waals surface area (Å²) in [6.45, 7) is 4.66. The van der Waals surface area contributed by atoms with Gasteiger partial charge in [-0.25, -0.2) is 0 Å². The van der Waals surface area contributed by atoms with Crippen LogP contribution >= 0.6 is 24.2 Å². The van der Waals surface area contributed by atoms with Crippen molar-refractivity contribution in [3.05, 3.63) is 54.1 Å². The molecule has 152 valence electrons. The smallest absolute Gasteiger partial charge is 0.237 e. The molecule has 2 aromatic carbocycles. The molecule has 0 bridgehead atoms. The van der Waals surface area contributed by atoms with Crippen LogP contribution in [-0.2, 0) is 9.59 Å². The molecule has 0 saturated heterocycles. The molecule has 0 spiro atoms. The van der Waals surface area contributed by atoms with Crippen molar-refractivity contribution in [1.29, 1.82) is 0 Å². The van der Waals surface area contributed by atoms with Crippen LogP contribution in [0, 0.1) is 6.92 Å². The predicted octanol–water partition coefficient (Wildman–Crippen LogP) is 3.45. The Hall–Kier alpha value is -2.22. The third-order valence-electron chi connectivity index (χ3n) is 3.68. The lowest BCUT2D eigenvalue weighted by molar-refractivity contribution is -0.115. The number of thioether (sulfide) groups is 1. The first kappa shape index (κ1) is 23.8. The summed E-state index contributed by atoms with van der Waals surface area (Å²) in [4.78, 5) is 24.3. The SMILES string of the molecule is Cc1ccc(NC(=O)CSC(C)C(=O)Nc2ccc(OCCN)cc2)cc1.Cl. The lowest BCUT2D eigenvalue weighted by Crippen LogP contribution is -2.25. The Bertz CT molecular complexity index is 754. The zero-order valence-electron chi connectivity index (χ0n) is 15.9. The molecule has 0 aliphatic carbocycles. The molecule has 0 aliphatic rings. The summed E-state index contributed by atoms with van der Waals surface area (Å²) < 4.78 is 5.40. The molecular formula is C20H26ClN3O3S. The van der Waals surface area contributed by atoms with Crippen molar-refractivity contribution in [3.8, 4) is 5.75 Å². The second kappa shape index (κ2) is 12.3. The second-order valence-corrected chi connectivity index (χ2v) is 7.35. The van der Waals surface area contributed by atoms with E-state index < -0.39 is 0 Å². The largest absolute Gasteiger partial charge is 0.492 e. The number of benzene rings is 2. The van der Waals surface area contributed by atoms with Gasteiger partial charge in [0, 0.05) is 17.9 Å². The van der Waals surface area contributed by atoms with Crippen molar-refractivity contribution >= 4 is 47.4 Å². The summed E-state index contributed by atoms with van der Waals surface area (Å²) in [5.74, 6) is 0.617.